The molecule has 1 N–H and O–H groups in total. The lowest BCUT2D eigenvalue weighted by Gasteiger charge is -2.37. The molecule has 142 valence electrons. The molecule has 0 spiro atoms. The van der Waals surface area contributed by atoms with Crippen LogP contribution in [0.1, 0.15) is 23.2 Å². The van der Waals surface area contributed by atoms with E-state index in [2.05, 4.69) is 0 Å². The van der Waals surface area contributed by atoms with Gasteiger partial charge in [0.25, 0.3) is 5.91 Å². The Kier molecular flexibility index (Phi) is 6.11. The maximum absolute atomic E-state index is 12.7. The van der Waals surface area contributed by atoms with E-state index < -0.39 is 0 Å². The molecule has 1 aromatic carbocycles. The number of hydrogen-bond donors (Lipinski definition) is 1. The number of carbonyl (C=O) groups excluding carboxylic acids is 2. The molecule has 0 aromatic heterocycles. The molecule has 2 saturated heterocycles. The predicted molar refractivity (Wildman–Crippen MR) is 97.2 cm³/mol. The van der Waals surface area contributed by atoms with Gasteiger partial charge in [-0.05, 0) is 31.5 Å². The summed E-state index contributed by atoms with van der Waals surface area (Å²) in [5, 5.41) is 9.73. The van der Waals surface area contributed by atoms with Crippen LogP contribution in [-0.4, -0.2) is 90.6 Å². The first-order valence-corrected chi connectivity index (χ1v) is 9.19. The summed E-state index contributed by atoms with van der Waals surface area (Å²) in [6, 6.07) is 7.20. The molecule has 7 heteroatoms. The second kappa shape index (κ2) is 8.51. The standard InChI is InChI=1S/C19H27N3O4/c1-26-17-7-3-2-6-16(17)19(25)22-11-9-21(10-12-22)18(24)14-20-8-4-5-15(23)13-20/h2-3,6-7,15,23H,4-5,8-14H2,1H3/t15-/m0/s1. The van der Waals surface area contributed by atoms with Crippen molar-refractivity contribution < 1.29 is 19.4 Å². The normalized spacial score (nSPS) is 21.5. The number of aliphatic hydroxyl groups is 1. The van der Waals surface area contributed by atoms with E-state index >= 15 is 0 Å². The van der Waals surface area contributed by atoms with Gasteiger partial charge in [-0.1, -0.05) is 12.1 Å². The van der Waals surface area contributed by atoms with Crippen LogP contribution in [0, 0.1) is 0 Å². The van der Waals surface area contributed by atoms with E-state index in [0.717, 1.165) is 19.4 Å². The van der Waals surface area contributed by atoms with Crippen molar-refractivity contribution in [1.82, 2.24) is 14.7 Å². The van der Waals surface area contributed by atoms with Crippen molar-refractivity contribution in [2.75, 3.05) is 52.9 Å². The first-order valence-electron chi connectivity index (χ1n) is 9.19. The summed E-state index contributed by atoms with van der Waals surface area (Å²) in [5.74, 6) is 0.580. The molecule has 2 aliphatic rings. The van der Waals surface area contributed by atoms with Crippen LogP contribution in [-0.2, 0) is 4.79 Å². The van der Waals surface area contributed by atoms with Crippen molar-refractivity contribution in [3.63, 3.8) is 0 Å². The largest absolute Gasteiger partial charge is 0.496 e. The van der Waals surface area contributed by atoms with Gasteiger partial charge in [-0.25, -0.2) is 0 Å². The molecule has 1 aromatic rings. The number of nitrogens with zero attached hydrogens (tertiary/aromatic N) is 3. The summed E-state index contributed by atoms with van der Waals surface area (Å²) >= 11 is 0. The van der Waals surface area contributed by atoms with Crippen LogP contribution in [0.15, 0.2) is 24.3 Å². The average molecular weight is 361 g/mol. The summed E-state index contributed by atoms with van der Waals surface area (Å²) in [5.41, 5.74) is 0.553. The highest BCUT2D eigenvalue weighted by molar-refractivity contribution is 5.97. The summed E-state index contributed by atoms with van der Waals surface area (Å²) in [6.45, 7) is 3.88. The highest BCUT2D eigenvalue weighted by Crippen LogP contribution is 2.20. The second-order valence-electron chi connectivity index (χ2n) is 6.90. The zero-order valence-electron chi connectivity index (χ0n) is 15.3. The number of rotatable bonds is 4. The number of amides is 2. The number of benzene rings is 1. The fourth-order valence-corrected chi connectivity index (χ4v) is 3.62. The summed E-state index contributed by atoms with van der Waals surface area (Å²) in [4.78, 5) is 30.8. The lowest BCUT2D eigenvalue weighted by Crippen LogP contribution is -2.53. The van der Waals surface area contributed by atoms with Crippen molar-refractivity contribution in [2.45, 2.75) is 18.9 Å². The molecule has 7 nitrogen and oxygen atoms in total. The maximum atomic E-state index is 12.7. The van der Waals surface area contributed by atoms with Crippen LogP contribution < -0.4 is 4.74 Å². The quantitative estimate of drug-likeness (QED) is 0.842. The minimum absolute atomic E-state index is 0.0614. The summed E-state index contributed by atoms with van der Waals surface area (Å²) in [6.07, 6.45) is 1.41. The van der Waals surface area contributed by atoms with Crippen molar-refractivity contribution in [2.24, 2.45) is 0 Å². The summed E-state index contributed by atoms with van der Waals surface area (Å²) < 4.78 is 5.27. The number of hydrogen-bond acceptors (Lipinski definition) is 5. The Morgan fingerprint density at radius 1 is 1.12 bits per heavy atom. The molecule has 0 aliphatic carbocycles. The van der Waals surface area contributed by atoms with Crippen molar-refractivity contribution in [3.8, 4) is 5.75 Å². The Morgan fingerprint density at radius 2 is 1.81 bits per heavy atom. The Hall–Kier alpha value is -2.12. The Morgan fingerprint density at radius 3 is 2.50 bits per heavy atom. The van der Waals surface area contributed by atoms with Gasteiger partial charge in [0.1, 0.15) is 5.75 Å². The molecule has 0 unspecified atom stereocenters. The van der Waals surface area contributed by atoms with Gasteiger partial charge in [0.15, 0.2) is 0 Å². The highest BCUT2D eigenvalue weighted by atomic mass is 16.5. The zero-order chi connectivity index (χ0) is 18.5. The number of likely N-dealkylation sites (tertiary alicyclic amines) is 1. The topological polar surface area (TPSA) is 73.3 Å². The summed E-state index contributed by atoms with van der Waals surface area (Å²) in [7, 11) is 1.56. The zero-order valence-corrected chi connectivity index (χ0v) is 15.3. The maximum Gasteiger partial charge on any atom is 0.257 e. The molecule has 26 heavy (non-hydrogen) atoms. The Labute approximate surface area is 154 Å². The molecule has 2 heterocycles. The first-order chi connectivity index (χ1) is 12.6. The van der Waals surface area contributed by atoms with Gasteiger partial charge >= 0.3 is 0 Å². The molecular weight excluding hydrogens is 334 g/mol. The van der Waals surface area contributed by atoms with E-state index in [1.165, 1.54) is 0 Å². The predicted octanol–water partition coefficient (Wildman–Crippen LogP) is 0.436. The van der Waals surface area contributed by atoms with Crippen LogP contribution in [0.2, 0.25) is 0 Å². The van der Waals surface area contributed by atoms with Gasteiger partial charge in [0.2, 0.25) is 5.91 Å². The van der Waals surface area contributed by atoms with Gasteiger partial charge in [-0.15, -0.1) is 0 Å². The molecule has 1 atom stereocenters. The molecule has 2 fully saturated rings. The molecule has 3 rings (SSSR count). The molecule has 0 saturated carbocycles. The molecular formula is C19H27N3O4. The van der Waals surface area contributed by atoms with Crippen LogP contribution in [0.4, 0.5) is 0 Å². The molecule has 2 aliphatic heterocycles. The molecule has 0 radical (unpaired) electrons. The first kappa shape index (κ1) is 18.7. The number of ether oxygens (including phenoxy) is 1. The Bertz CT molecular complexity index is 643. The van der Waals surface area contributed by atoms with E-state index in [-0.39, 0.29) is 17.9 Å². The lowest BCUT2D eigenvalue weighted by molar-refractivity contribution is -0.134. The monoisotopic (exact) mass is 361 g/mol. The van der Waals surface area contributed by atoms with Crippen molar-refractivity contribution >= 4 is 11.8 Å². The number of carbonyl (C=O) groups is 2. The van der Waals surface area contributed by atoms with Gasteiger partial charge in [0.05, 0.1) is 25.3 Å². The van der Waals surface area contributed by atoms with Crippen molar-refractivity contribution in [1.29, 1.82) is 0 Å². The van der Waals surface area contributed by atoms with E-state index in [9.17, 15) is 14.7 Å². The van der Waals surface area contributed by atoms with Crippen LogP contribution in [0.5, 0.6) is 5.75 Å². The van der Waals surface area contributed by atoms with Crippen molar-refractivity contribution in [3.05, 3.63) is 29.8 Å². The van der Waals surface area contributed by atoms with Gasteiger partial charge in [-0.3, -0.25) is 14.5 Å². The third-order valence-electron chi connectivity index (χ3n) is 5.10. The van der Waals surface area contributed by atoms with Crippen LogP contribution in [0.25, 0.3) is 0 Å². The van der Waals surface area contributed by atoms with E-state index in [1.54, 1.807) is 24.1 Å². The van der Waals surface area contributed by atoms with E-state index in [1.807, 2.05) is 21.9 Å². The second-order valence-corrected chi connectivity index (χ2v) is 6.90. The number of piperazine rings is 1. The minimum Gasteiger partial charge on any atom is -0.496 e. The number of para-hydroxylation sites is 1. The van der Waals surface area contributed by atoms with Gasteiger partial charge in [-0.2, -0.15) is 0 Å². The van der Waals surface area contributed by atoms with E-state index in [0.29, 0.717) is 50.6 Å². The number of aliphatic hydroxyl groups excluding tert-OH is 1. The number of β-amino-alcohol motifs (C(OH)–C–C–N with tert-alkyl or cyclic N) is 1. The minimum atomic E-state index is -0.327. The van der Waals surface area contributed by atoms with Crippen LogP contribution >= 0.6 is 0 Å². The number of methoxy groups -OCH3 is 1. The Balaban J connectivity index is 1.52. The third-order valence-corrected chi connectivity index (χ3v) is 5.10. The average Bonchev–Trinajstić information content (AvgIpc) is 2.67. The fourth-order valence-electron chi connectivity index (χ4n) is 3.62. The van der Waals surface area contributed by atoms with E-state index in [4.69, 9.17) is 4.74 Å². The van der Waals surface area contributed by atoms with Gasteiger partial charge < -0.3 is 19.6 Å². The molecule has 2 amide bonds. The third kappa shape index (κ3) is 4.34. The highest BCUT2D eigenvalue weighted by Gasteiger charge is 2.28. The number of piperidine rings is 1. The fraction of sp³-hybridized carbons (Fsp3) is 0.579. The molecule has 0 bridgehead atoms. The smallest absolute Gasteiger partial charge is 0.257 e. The van der Waals surface area contributed by atoms with Gasteiger partial charge in [0, 0.05) is 32.7 Å². The SMILES string of the molecule is COc1ccccc1C(=O)N1CCN(C(=O)CN2CCC[C@H](O)C2)CC1. The van der Waals surface area contributed by atoms with Crippen LogP contribution in [0.3, 0.4) is 0 Å². The lowest BCUT2D eigenvalue weighted by atomic mass is 10.1.